The number of benzene rings is 3. The van der Waals surface area contributed by atoms with Crippen LogP contribution >= 0.6 is 23.1 Å². The molecule has 3 aromatic carbocycles. The fourth-order valence-electron chi connectivity index (χ4n) is 6.37. The molecule has 0 aliphatic rings. The van der Waals surface area contributed by atoms with Gasteiger partial charge in [-0.25, -0.2) is 4.98 Å². The zero-order valence-electron chi connectivity index (χ0n) is 25.2. The summed E-state index contributed by atoms with van der Waals surface area (Å²) in [4.78, 5) is 32.5. The molecule has 1 unspecified atom stereocenters. The van der Waals surface area contributed by atoms with Crippen LogP contribution in [0.3, 0.4) is 0 Å². The second kappa shape index (κ2) is 15.5. The van der Waals surface area contributed by atoms with Crippen LogP contribution in [0.25, 0.3) is 10.2 Å². The molecule has 43 heavy (non-hydrogen) atoms. The molecule has 0 aliphatic heterocycles. The normalized spacial score (nSPS) is 12.8. The molecule has 5 nitrogen and oxygen atoms in total. The smallest absolute Gasteiger partial charge is 0.310 e. The maximum absolute atomic E-state index is 13.9. The molecule has 1 aromatic heterocycles. The number of hydrogen-bond acceptors (Lipinski definition) is 5. The molecule has 1 atom stereocenters. The summed E-state index contributed by atoms with van der Waals surface area (Å²) in [5.74, 6) is -3.37. The highest BCUT2D eigenvalue weighted by Crippen LogP contribution is 2.60. The molecule has 4 rings (SSSR count). The number of thiazole rings is 1. The lowest BCUT2D eigenvalue weighted by Crippen LogP contribution is -2.53. The fraction of sp³-hybridized carbons (Fsp3) is 0.417. The van der Waals surface area contributed by atoms with Crippen LogP contribution in [0.1, 0.15) is 89.2 Å². The Bertz CT molecular complexity index is 1370. The average molecular weight is 618 g/mol. The minimum absolute atomic E-state index is 0.313. The van der Waals surface area contributed by atoms with Gasteiger partial charge in [0.2, 0.25) is 0 Å². The molecule has 0 bridgehead atoms. The van der Waals surface area contributed by atoms with E-state index in [1.807, 2.05) is 84.9 Å². The number of carboxylic acid groups (broad SMARTS) is 2. The van der Waals surface area contributed by atoms with E-state index in [-0.39, 0.29) is 0 Å². The fourth-order valence-corrected chi connectivity index (χ4v) is 9.26. The van der Waals surface area contributed by atoms with Gasteiger partial charge in [-0.1, -0.05) is 150 Å². The van der Waals surface area contributed by atoms with Gasteiger partial charge < -0.3 is 10.2 Å². The molecule has 228 valence electrons. The lowest BCUT2D eigenvalue weighted by atomic mass is 9.60. The number of rotatable bonds is 18. The van der Waals surface area contributed by atoms with Crippen LogP contribution in [0.2, 0.25) is 0 Å². The minimum Gasteiger partial charge on any atom is -0.481 e. The van der Waals surface area contributed by atoms with Crippen LogP contribution in [0.4, 0.5) is 0 Å². The molecule has 0 spiro atoms. The van der Waals surface area contributed by atoms with Crippen molar-refractivity contribution in [2.75, 3.05) is 0 Å². The number of para-hydroxylation sites is 1. The van der Waals surface area contributed by atoms with Crippen molar-refractivity contribution in [1.29, 1.82) is 0 Å². The first-order chi connectivity index (χ1) is 20.9. The summed E-state index contributed by atoms with van der Waals surface area (Å²) in [6.07, 6.45) is 7.74. The van der Waals surface area contributed by atoms with Gasteiger partial charge in [-0.15, -0.1) is 11.3 Å². The Labute approximate surface area is 263 Å². The lowest BCUT2D eigenvalue weighted by molar-refractivity contribution is -0.166. The number of unbranched alkanes of at least 4 members (excludes halogenated alkanes) is 6. The highest BCUT2D eigenvalue weighted by Gasteiger charge is 2.60. The number of hydrogen-bond donors (Lipinski definition) is 2. The van der Waals surface area contributed by atoms with E-state index < -0.39 is 28.0 Å². The molecule has 7 heteroatoms. The number of fused-ring (bicyclic) bond motifs is 1. The zero-order valence-corrected chi connectivity index (χ0v) is 26.8. The van der Waals surface area contributed by atoms with Gasteiger partial charge in [0.25, 0.3) is 0 Å². The van der Waals surface area contributed by atoms with E-state index >= 15 is 0 Å². The van der Waals surface area contributed by atoms with E-state index in [1.54, 1.807) is 0 Å². The molecular formula is C36H43NO4S2. The number of aromatic nitrogens is 1. The van der Waals surface area contributed by atoms with Crippen LogP contribution in [0.5, 0.6) is 0 Å². The van der Waals surface area contributed by atoms with Crippen molar-refractivity contribution in [3.8, 4) is 0 Å². The summed E-state index contributed by atoms with van der Waals surface area (Å²) in [7, 11) is 0. The van der Waals surface area contributed by atoms with E-state index in [2.05, 4.69) is 13.8 Å². The zero-order chi connectivity index (χ0) is 30.7. The molecule has 0 saturated heterocycles. The SMILES string of the molecule is CCCCCCC(CCCCCC)(C(=O)O)C(C(=O)O)C(Sc1nc2ccccc2s1)(c1ccccc1)c1ccccc1. The topological polar surface area (TPSA) is 87.5 Å². The Morgan fingerprint density at radius 1 is 0.744 bits per heavy atom. The summed E-state index contributed by atoms with van der Waals surface area (Å²) in [6.45, 7) is 4.25. The summed E-state index contributed by atoms with van der Waals surface area (Å²) in [6, 6.07) is 27.2. The number of carboxylic acids is 2. The second-order valence-corrected chi connectivity index (χ2v) is 13.9. The van der Waals surface area contributed by atoms with Crippen molar-refractivity contribution in [3.63, 3.8) is 0 Å². The summed E-state index contributed by atoms with van der Waals surface area (Å²) >= 11 is 2.92. The minimum atomic E-state index is -1.48. The molecule has 4 aromatic rings. The molecule has 1 heterocycles. The van der Waals surface area contributed by atoms with E-state index in [4.69, 9.17) is 4.98 Å². The lowest BCUT2D eigenvalue weighted by Gasteiger charge is -2.47. The molecule has 0 radical (unpaired) electrons. The van der Waals surface area contributed by atoms with Crippen molar-refractivity contribution in [3.05, 3.63) is 96.1 Å². The largest absolute Gasteiger partial charge is 0.481 e. The van der Waals surface area contributed by atoms with Gasteiger partial charge >= 0.3 is 11.9 Å². The van der Waals surface area contributed by atoms with Crippen LogP contribution in [0.15, 0.2) is 89.3 Å². The summed E-state index contributed by atoms with van der Waals surface area (Å²) in [5, 5.41) is 22.6. The quantitative estimate of drug-likeness (QED) is 0.0853. The Morgan fingerprint density at radius 3 is 1.72 bits per heavy atom. The van der Waals surface area contributed by atoms with Crippen LogP contribution in [-0.4, -0.2) is 27.1 Å². The van der Waals surface area contributed by atoms with Gasteiger partial charge in [0, 0.05) is 0 Å². The van der Waals surface area contributed by atoms with Crippen molar-refractivity contribution < 1.29 is 19.8 Å². The second-order valence-electron chi connectivity index (χ2n) is 11.4. The predicted octanol–water partition coefficient (Wildman–Crippen LogP) is 10.0. The molecule has 2 N–H and O–H groups in total. The number of carbonyl (C=O) groups is 2. The standard InChI is InChI=1S/C36H43NO4S2/c1-3-5-7-17-25-35(33(40)41,26-18-8-6-4-2)31(32(38)39)36(27-19-11-9-12-20-27,28-21-13-10-14-22-28)43-34-37-29-23-15-16-24-30(29)42-34/h9-16,19-24,31H,3-8,17-18,25-26H2,1-2H3,(H,38,39)(H,40,41). The number of nitrogens with zero attached hydrogens (tertiary/aromatic N) is 1. The number of aliphatic carboxylic acids is 2. The third kappa shape index (κ3) is 7.32. The molecule has 0 saturated carbocycles. The third-order valence-corrected chi connectivity index (χ3v) is 11.1. The third-order valence-electron chi connectivity index (χ3n) is 8.51. The Morgan fingerprint density at radius 2 is 1.26 bits per heavy atom. The van der Waals surface area contributed by atoms with E-state index in [9.17, 15) is 19.8 Å². The Hall–Kier alpha value is -3.16. The van der Waals surface area contributed by atoms with Crippen molar-refractivity contribution in [2.24, 2.45) is 11.3 Å². The summed E-state index contributed by atoms with van der Waals surface area (Å²) < 4.78 is 0.475. The van der Waals surface area contributed by atoms with Crippen LogP contribution in [0, 0.1) is 11.3 Å². The first-order valence-corrected chi connectivity index (χ1v) is 17.1. The molecule has 0 aliphatic carbocycles. The van der Waals surface area contributed by atoms with E-state index in [0.717, 1.165) is 64.2 Å². The highest BCUT2D eigenvalue weighted by atomic mass is 32.2. The average Bonchev–Trinajstić information content (AvgIpc) is 3.43. The molecule has 0 amide bonds. The van der Waals surface area contributed by atoms with E-state index in [0.29, 0.717) is 25.7 Å². The Balaban J connectivity index is 2.01. The van der Waals surface area contributed by atoms with Crippen LogP contribution in [-0.2, 0) is 14.3 Å². The van der Waals surface area contributed by atoms with Gasteiger partial charge in [0.1, 0.15) is 0 Å². The maximum atomic E-state index is 13.9. The Kier molecular flexibility index (Phi) is 11.8. The van der Waals surface area contributed by atoms with E-state index in [1.165, 1.54) is 23.1 Å². The van der Waals surface area contributed by atoms with Crippen molar-refractivity contribution >= 4 is 45.3 Å². The molecule has 0 fully saturated rings. The van der Waals surface area contributed by atoms with Gasteiger partial charge in [0.05, 0.1) is 26.3 Å². The van der Waals surface area contributed by atoms with Gasteiger partial charge in [0.15, 0.2) is 4.34 Å². The van der Waals surface area contributed by atoms with Gasteiger partial charge in [-0.05, 0) is 36.1 Å². The molecular weight excluding hydrogens is 575 g/mol. The van der Waals surface area contributed by atoms with Crippen molar-refractivity contribution in [2.45, 2.75) is 87.1 Å². The first-order valence-electron chi connectivity index (χ1n) is 15.5. The van der Waals surface area contributed by atoms with Crippen molar-refractivity contribution in [1.82, 2.24) is 4.98 Å². The number of thioether (sulfide) groups is 1. The predicted molar refractivity (Wildman–Crippen MR) is 178 cm³/mol. The van der Waals surface area contributed by atoms with Gasteiger partial charge in [-0.2, -0.15) is 0 Å². The van der Waals surface area contributed by atoms with Crippen LogP contribution < -0.4 is 0 Å². The monoisotopic (exact) mass is 617 g/mol. The summed E-state index contributed by atoms with van der Waals surface area (Å²) in [5.41, 5.74) is 0.902. The van der Waals surface area contributed by atoms with Gasteiger partial charge in [-0.3, -0.25) is 9.59 Å². The maximum Gasteiger partial charge on any atom is 0.310 e. The first kappa shape index (κ1) is 32.7. The highest BCUT2D eigenvalue weighted by molar-refractivity contribution is 8.02.